The van der Waals surface area contributed by atoms with Gasteiger partial charge in [-0.15, -0.1) is 0 Å². The molecule has 2 rings (SSSR count). The van der Waals surface area contributed by atoms with Crippen LogP contribution in [0.5, 0.6) is 0 Å². The monoisotopic (exact) mass is 398 g/mol. The Hall–Kier alpha value is -1.78. The average molecular weight is 399 g/mol. The maximum atomic E-state index is 4.51. The average Bonchev–Trinajstić information content (AvgIpc) is 2.52. The standard InChI is InChI=1S/C13H22N2.C12H20N2/c1-9(2)15-13(5,6)12-8-7-10(3)14-11(12)4;1-9(2)14-12(4,5)11-6-7-13-10(3)8-11/h7-9,15H,1-6H3;6-9,14H,1-5H3. The summed E-state index contributed by atoms with van der Waals surface area (Å²) in [6, 6.07) is 9.41. The smallest absolute Gasteiger partial charge is 0.0426 e. The second-order valence-corrected chi connectivity index (χ2v) is 9.62. The van der Waals surface area contributed by atoms with Crippen LogP contribution in [0.4, 0.5) is 0 Å². The Morgan fingerprint density at radius 2 is 1.31 bits per heavy atom. The lowest BCUT2D eigenvalue weighted by Gasteiger charge is -2.30. The van der Waals surface area contributed by atoms with Crippen molar-refractivity contribution < 1.29 is 0 Å². The number of pyridine rings is 2. The summed E-state index contributed by atoms with van der Waals surface area (Å²) >= 11 is 0. The molecule has 2 heterocycles. The number of rotatable bonds is 6. The zero-order chi connectivity index (χ0) is 22.4. The van der Waals surface area contributed by atoms with E-state index in [1.807, 2.05) is 20.0 Å². The van der Waals surface area contributed by atoms with Gasteiger partial charge in [0.25, 0.3) is 0 Å². The predicted octanol–water partition coefficient (Wildman–Crippen LogP) is 5.55. The number of aromatic nitrogens is 2. The molecule has 162 valence electrons. The zero-order valence-electron chi connectivity index (χ0n) is 20.4. The van der Waals surface area contributed by atoms with Crippen LogP contribution in [0.1, 0.15) is 83.6 Å². The van der Waals surface area contributed by atoms with Gasteiger partial charge >= 0.3 is 0 Å². The lowest BCUT2D eigenvalue weighted by atomic mass is 9.92. The van der Waals surface area contributed by atoms with Gasteiger partial charge in [-0.3, -0.25) is 9.97 Å². The highest BCUT2D eigenvalue weighted by molar-refractivity contribution is 5.28. The summed E-state index contributed by atoms with van der Waals surface area (Å²) in [6.45, 7) is 23.6. The molecule has 0 spiro atoms. The van der Waals surface area contributed by atoms with Crippen LogP contribution < -0.4 is 10.6 Å². The van der Waals surface area contributed by atoms with Gasteiger partial charge in [0.05, 0.1) is 0 Å². The number of nitrogens with zero attached hydrogens (tertiary/aromatic N) is 2. The van der Waals surface area contributed by atoms with Crippen LogP contribution in [0.2, 0.25) is 0 Å². The first-order valence-electron chi connectivity index (χ1n) is 10.7. The summed E-state index contributed by atoms with van der Waals surface area (Å²) in [6.07, 6.45) is 1.87. The van der Waals surface area contributed by atoms with Crippen LogP contribution in [0, 0.1) is 20.8 Å². The van der Waals surface area contributed by atoms with Gasteiger partial charge in [-0.2, -0.15) is 0 Å². The predicted molar refractivity (Wildman–Crippen MR) is 125 cm³/mol. The molecular weight excluding hydrogens is 356 g/mol. The summed E-state index contributed by atoms with van der Waals surface area (Å²) in [5, 5.41) is 7.09. The quantitative estimate of drug-likeness (QED) is 0.669. The molecule has 0 saturated carbocycles. The molecule has 0 saturated heterocycles. The van der Waals surface area contributed by atoms with Gasteiger partial charge in [0.1, 0.15) is 0 Å². The number of hydrogen-bond donors (Lipinski definition) is 2. The summed E-state index contributed by atoms with van der Waals surface area (Å²) in [7, 11) is 0. The third-order valence-corrected chi connectivity index (χ3v) is 4.82. The molecule has 4 nitrogen and oxygen atoms in total. The third-order valence-electron chi connectivity index (χ3n) is 4.82. The van der Waals surface area contributed by atoms with E-state index in [4.69, 9.17) is 0 Å². The molecule has 29 heavy (non-hydrogen) atoms. The normalized spacial score (nSPS) is 12.2. The molecule has 0 radical (unpaired) electrons. The molecule has 4 heteroatoms. The van der Waals surface area contributed by atoms with Crippen LogP contribution in [0.15, 0.2) is 30.5 Å². The summed E-state index contributed by atoms with van der Waals surface area (Å²) < 4.78 is 0. The SMILES string of the molecule is Cc1cc(C(C)(C)NC(C)C)ccn1.Cc1ccc(C(C)(C)NC(C)C)c(C)n1. The van der Waals surface area contributed by atoms with Gasteiger partial charge in [-0.1, -0.05) is 33.8 Å². The molecule has 0 unspecified atom stereocenters. The van der Waals surface area contributed by atoms with E-state index in [1.54, 1.807) is 0 Å². The molecule has 0 aromatic carbocycles. The molecule has 2 aromatic heterocycles. The van der Waals surface area contributed by atoms with Gasteiger partial charge in [0, 0.05) is 46.4 Å². The van der Waals surface area contributed by atoms with Crippen molar-refractivity contribution in [1.82, 2.24) is 20.6 Å². The molecule has 0 atom stereocenters. The first-order valence-corrected chi connectivity index (χ1v) is 10.7. The Kier molecular flexibility index (Phi) is 8.98. The van der Waals surface area contributed by atoms with E-state index in [1.165, 1.54) is 11.1 Å². The Morgan fingerprint density at radius 1 is 0.759 bits per heavy atom. The topological polar surface area (TPSA) is 49.8 Å². The van der Waals surface area contributed by atoms with Crippen molar-refractivity contribution in [2.45, 2.75) is 99.3 Å². The minimum atomic E-state index is -0.0149. The van der Waals surface area contributed by atoms with Gasteiger partial charge in [-0.25, -0.2) is 0 Å². The summed E-state index contributed by atoms with van der Waals surface area (Å²) in [5.74, 6) is 0. The van der Waals surface area contributed by atoms with Crippen molar-refractivity contribution in [3.05, 3.63) is 58.7 Å². The van der Waals surface area contributed by atoms with Gasteiger partial charge in [-0.05, 0) is 77.8 Å². The van der Waals surface area contributed by atoms with Crippen LogP contribution in [0.25, 0.3) is 0 Å². The number of hydrogen-bond acceptors (Lipinski definition) is 4. The molecule has 0 aliphatic rings. The van der Waals surface area contributed by atoms with Crippen molar-refractivity contribution in [2.24, 2.45) is 0 Å². The minimum Gasteiger partial charge on any atom is -0.306 e. The molecule has 0 aliphatic carbocycles. The van der Waals surface area contributed by atoms with Crippen molar-refractivity contribution >= 4 is 0 Å². The summed E-state index contributed by atoms with van der Waals surface area (Å²) in [4.78, 5) is 8.71. The van der Waals surface area contributed by atoms with Gasteiger partial charge in [0.2, 0.25) is 0 Å². The van der Waals surface area contributed by atoms with E-state index in [2.05, 4.69) is 107 Å². The highest BCUT2D eigenvalue weighted by Gasteiger charge is 2.23. The fourth-order valence-electron chi connectivity index (χ4n) is 3.89. The zero-order valence-corrected chi connectivity index (χ0v) is 20.4. The lowest BCUT2D eigenvalue weighted by Crippen LogP contribution is -2.41. The van der Waals surface area contributed by atoms with Crippen molar-refractivity contribution in [3.8, 4) is 0 Å². The second-order valence-electron chi connectivity index (χ2n) is 9.62. The van der Waals surface area contributed by atoms with Crippen molar-refractivity contribution in [2.75, 3.05) is 0 Å². The van der Waals surface area contributed by atoms with E-state index in [0.717, 1.165) is 17.1 Å². The van der Waals surface area contributed by atoms with E-state index in [-0.39, 0.29) is 11.1 Å². The Bertz CT molecular complexity index is 776. The first-order chi connectivity index (χ1) is 13.2. The number of nitrogens with one attached hydrogen (secondary N) is 2. The largest absolute Gasteiger partial charge is 0.306 e. The Morgan fingerprint density at radius 3 is 1.79 bits per heavy atom. The van der Waals surface area contributed by atoms with Gasteiger partial charge < -0.3 is 10.6 Å². The first kappa shape index (κ1) is 25.3. The van der Waals surface area contributed by atoms with Crippen molar-refractivity contribution in [1.29, 1.82) is 0 Å². The van der Waals surface area contributed by atoms with Crippen LogP contribution in [-0.4, -0.2) is 22.1 Å². The van der Waals surface area contributed by atoms with Gasteiger partial charge in [0.15, 0.2) is 0 Å². The van der Waals surface area contributed by atoms with Crippen LogP contribution in [0.3, 0.4) is 0 Å². The third kappa shape index (κ3) is 8.23. The molecular formula is C25H42N4. The Labute approximate surface area is 179 Å². The fourth-order valence-corrected chi connectivity index (χ4v) is 3.89. The van der Waals surface area contributed by atoms with E-state index in [9.17, 15) is 0 Å². The molecule has 0 fully saturated rings. The minimum absolute atomic E-state index is 0.0149. The van der Waals surface area contributed by atoms with E-state index < -0.39 is 0 Å². The van der Waals surface area contributed by atoms with E-state index >= 15 is 0 Å². The lowest BCUT2D eigenvalue weighted by molar-refractivity contribution is 0.363. The van der Waals surface area contributed by atoms with Crippen molar-refractivity contribution in [3.63, 3.8) is 0 Å². The number of aryl methyl sites for hydroxylation is 3. The molecule has 2 aromatic rings. The molecule has 0 amide bonds. The highest BCUT2D eigenvalue weighted by Crippen LogP contribution is 2.23. The second kappa shape index (κ2) is 10.3. The highest BCUT2D eigenvalue weighted by atomic mass is 15.0. The molecule has 2 N–H and O–H groups in total. The van der Waals surface area contributed by atoms with Crippen LogP contribution >= 0.6 is 0 Å². The Balaban J connectivity index is 0.000000291. The maximum Gasteiger partial charge on any atom is 0.0426 e. The van der Waals surface area contributed by atoms with Crippen LogP contribution in [-0.2, 0) is 11.1 Å². The summed E-state index contributed by atoms with van der Waals surface area (Å²) in [5.41, 5.74) is 5.84. The maximum absolute atomic E-state index is 4.51. The fraction of sp³-hybridized carbons (Fsp3) is 0.600. The molecule has 0 aliphatic heterocycles. The van der Waals surface area contributed by atoms with E-state index in [0.29, 0.717) is 12.1 Å². The molecule has 0 bridgehead atoms.